The summed E-state index contributed by atoms with van der Waals surface area (Å²) in [5.41, 5.74) is 1.88. The van der Waals surface area contributed by atoms with Gasteiger partial charge in [-0.15, -0.1) is 0 Å². The Balaban J connectivity index is 2.04. The summed E-state index contributed by atoms with van der Waals surface area (Å²) in [6, 6.07) is 10.8. The summed E-state index contributed by atoms with van der Waals surface area (Å²) in [5, 5.41) is 3.63. The van der Waals surface area contributed by atoms with Gasteiger partial charge in [-0.1, -0.05) is 29.8 Å². The lowest BCUT2D eigenvalue weighted by Crippen LogP contribution is -2.36. The molecule has 0 bridgehead atoms. The van der Waals surface area contributed by atoms with E-state index in [1.54, 1.807) is 12.4 Å². The second kappa shape index (κ2) is 7.20. The minimum absolute atomic E-state index is 0.0528. The van der Waals surface area contributed by atoms with Crippen molar-refractivity contribution in [2.75, 3.05) is 14.1 Å². The lowest BCUT2D eigenvalue weighted by atomic mass is 10.1. The van der Waals surface area contributed by atoms with Gasteiger partial charge >= 0.3 is 0 Å². The van der Waals surface area contributed by atoms with Crippen LogP contribution >= 0.6 is 11.6 Å². The summed E-state index contributed by atoms with van der Waals surface area (Å²) in [4.78, 5) is 18.4. The number of carbonyl (C=O) groups is 1. The van der Waals surface area contributed by atoms with Crippen molar-refractivity contribution in [3.63, 3.8) is 0 Å². The summed E-state index contributed by atoms with van der Waals surface area (Å²) >= 11 is 5.85. The highest BCUT2D eigenvalue weighted by Gasteiger charge is 2.22. The van der Waals surface area contributed by atoms with Crippen LogP contribution in [0.15, 0.2) is 48.8 Å². The number of rotatable bonds is 5. The Morgan fingerprint density at radius 3 is 2.57 bits per heavy atom. The quantitative estimate of drug-likeness (QED) is 0.923. The van der Waals surface area contributed by atoms with E-state index in [1.807, 2.05) is 55.4 Å². The Labute approximate surface area is 129 Å². The summed E-state index contributed by atoms with van der Waals surface area (Å²) in [6.45, 7) is 0.473. The Bertz CT molecular complexity index is 584. The molecule has 4 nitrogen and oxygen atoms in total. The molecule has 1 amide bonds. The standard InChI is InChI=1S/C16H18ClN3O/c1-20(2)15(13-4-3-9-18-11-13)16(21)19-10-12-5-7-14(17)8-6-12/h3-9,11,15H,10H2,1-2H3,(H,19,21). The molecule has 0 saturated carbocycles. The van der Waals surface area contributed by atoms with Crippen molar-refractivity contribution >= 4 is 17.5 Å². The van der Waals surface area contributed by atoms with Crippen molar-refractivity contribution in [2.45, 2.75) is 12.6 Å². The first-order valence-corrected chi connectivity index (χ1v) is 7.04. The van der Waals surface area contributed by atoms with E-state index in [0.29, 0.717) is 11.6 Å². The highest BCUT2D eigenvalue weighted by atomic mass is 35.5. The Kier molecular flexibility index (Phi) is 5.31. The predicted molar refractivity (Wildman–Crippen MR) is 84.0 cm³/mol. The van der Waals surface area contributed by atoms with E-state index < -0.39 is 0 Å². The van der Waals surface area contributed by atoms with Gasteiger partial charge < -0.3 is 5.32 Å². The molecule has 0 fully saturated rings. The van der Waals surface area contributed by atoms with Crippen LogP contribution < -0.4 is 5.32 Å². The molecule has 0 aliphatic heterocycles. The molecule has 1 heterocycles. The van der Waals surface area contributed by atoms with Crippen molar-refractivity contribution in [1.29, 1.82) is 0 Å². The van der Waals surface area contributed by atoms with Crippen LogP contribution in [0.25, 0.3) is 0 Å². The van der Waals surface area contributed by atoms with E-state index in [2.05, 4.69) is 10.3 Å². The van der Waals surface area contributed by atoms with Crippen LogP contribution in [0.5, 0.6) is 0 Å². The molecule has 0 aliphatic carbocycles. The van der Waals surface area contributed by atoms with E-state index in [4.69, 9.17) is 11.6 Å². The van der Waals surface area contributed by atoms with E-state index >= 15 is 0 Å². The summed E-state index contributed by atoms with van der Waals surface area (Å²) in [7, 11) is 3.75. The third-order valence-corrected chi connectivity index (χ3v) is 3.40. The Hall–Kier alpha value is -1.91. The molecule has 1 unspecified atom stereocenters. The van der Waals surface area contributed by atoms with Gasteiger partial charge in [0.2, 0.25) is 5.91 Å². The fraction of sp³-hybridized carbons (Fsp3) is 0.250. The third kappa shape index (κ3) is 4.28. The third-order valence-electron chi connectivity index (χ3n) is 3.14. The maximum Gasteiger partial charge on any atom is 0.242 e. The van der Waals surface area contributed by atoms with Crippen LogP contribution in [0.3, 0.4) is 0 Å². The van der Waals surface area contributed by atoms with Crippen molar-refractivity contribution in [3.8, 4) is 0 Å². The van der Waals surface area contributed by atoms with Gasteiger partial charge in [-0.3, -0.25) is 14.7 Å². The second-order valence-electron chi connectivity index (χ2n) is 5.00. The van der Waals surface area contributed by atoms with Gasteiger partial charge in [0, 0.05) is 24.0 Å². The van der Waals surface area contributed by atoms with Crippen molar-refractivity contribution in [1.82, 2.24) is 15.2 Å². The summed E-state index contributed by atoms with van der Waals surface area (Å²) < 4.78 is 0. The number of hydrogen-bond acceptors (Lipinski definition) is 3. The molecule has 0 spiro atoms. The van der Waals surface area contributed by atoms with E-state index in [-0.39, 0.29) is 11.9 Å². The monoisotopic (exact) mass is 303 g/mol. The summed E-state index contributed by atoms with van der Waals surface area (Å²) in [6.07, 6.45) is 3.41. The maximum atomic E-state index is 12.4. The number of carbonyl (C=O) groups excluding carboxylic acids is 1. The molecule has 2 aromatic rings. The normalized spacial score (nSPS) is 12.2. The molecule has 0 aliphatic rings. The van der Waals surface area contributed by atoms with Gasteiger partial charge in [0.05, 0.1) is 0 Å². The average Bonchev–Trinajstić information content (AvgIpc) is 2.47. The topological polar surface area (TPSA) is 45.2 Å². The molecule has 1 aromatic heterocycles. The van der Waals surface area contributed by atoms with E-state index in [9.17, 15) is 4.79 Å². The first-order valence-electron chi connectivity index (χ1n) is 6.66. The lowest BCUT2D eigenvalue weighted by Gasteiger charge is -2.23. The van der Waals surface area contributed by atoms with Crippen LogP contribution in [-0.2, 0) is 11.3 Å². The molecule has 1 aromatic carbocycles. The number of aromatic nitrogens is 1. The number of nitrogens with one attached hydrogen (secondary N) is 1. The number of likely N-dealkylation sites (N-methyl/N-ethyl adjacent to an activating group) is 1. The van der Waals surface area contributed by atoms with E-state index in [1.165, 1.54) is 0 Å². The van der Waals surface area contributed by atoms with Gasteiger partial charge in [0.1, 0.15) is 6.04 Å². The fourth-order valence-electron chi connectivity index (χ4n) is 2.11. The average molecular weight is 304 g/mol. The molecule has 1 atom stereocenters. The first kappa shape index (κ1) is 15.5. The van der Waals surface area contributed by atoms with Gasteiger partial charge in [-0.2, -0.15) is 0 Å². The fourth-order valence-corrected chi connectivity index (χ4v) is 2.24. The Morgan fingerprint density at radius 2 is 2.00 bits per heavy atom. The van der Waals surface area contributed by atoms with Crippen LogP contribution in [-0.4, -0.2) is 29.9 Å². The summed E-state index contributed by atoms with van der Waals surface area (Å²) in [5.74, 6) is -0.0528. The molecular weight excluding hydrogens is 286 g/mol. The molecule has 2 rings (SSSR count). The smallest absolute Gasteiger partial charge is 0.242 e. The minimum Gasteiger partial charge on any atom is -0.350 e. The highest BCUT2D eigenvalue weighted by Crippen LogP contribution is 2.17. The molecule has 21 heavy (non-hydrogen) atoms. The SMILES string of the molecule is CN(C)C(C(=O)NCc1ccc(Cl)cc1)c1cccnc1. The van der Waals surface area contributed by atoms with Crippen LogP contribution in [0.4, 0.5) is 0 Å². The zero-order valence-corrected chi connectivity index (χ0v) is 12.8. The molecular formula is C16H18ClN3O. The van der Waals surface area contributed by atoms with Crippen LogP contribution in [0, 0.1) is 0 Å². The minimum atomic E-state index is -0.356. The molecule has 5 heteroatoms. The number of halogens is 1. The predicted octanol–water partition coefficient (Wildman–Crippen LogP) is 2.65. The zero-order valence-electron chi connectivity index (χ0n) is 12.1. The number of nitrogens with zero attached hydrogens (tertiary/aromatic N) is 2. The van der Waals surface area contributed by atoms with Crippen LogP contribution in [0.2, 0.25) is 5.02 Å². The molecule has 0 saturated heterocycles. The molecule has 110 valence electrons. The number of amides is 1. The number of hydrogen-bond donors (Lipinski definition) is 1. The van der Waals surface area contributed by atoms with Crippen LogP contribution in [0.1, 0.15) is 17.2 Å². The number of pyridine rings is 1. The first-order chi connectivity index (χ1) is 10.1. The van der Waals surface area contributed by atoms with Gasteiger partial charge in [-0.25, -0.2) is 0 Å². The Morgan fingerprint density at radius 1 is 1.29 bits per heavy atom. The van der Waals surface area contributed by atoms with Gasteiger partial charge in [0.25, 0.3) is 0 Å². The maximum absolute atomic E-state index is 12.4. The van der Waals surface area contributed by atoms with Crippen molar-refractivity contribution in [3.05, 3.63) is 64.9 Å². The van der Waals surface area contributed by atoms with E-state index in [0.717, 1.165) is 11.1 Å². The largest absolute Gasteiger partial charge is 0.350 e. The molecule has 0 radical (unpaired) electrons. The van der Waals surface area contributed by atoms with Crippen molar-refractivity contribution < 1.29 is 4.79 Å². The van der Waals surface area contributed by atoms with Gasteiger partial charge in [0.15, 0.2) is 0 Å². The van der Waals surface area contributed by atoms with Crippen molar-refractivity contribution in [2.24, 2.45) is 0 Å². The van der Waals surface area contributed by atoms with Gasteiger partial charge in [-0.05, 0) is 43.4 Å². The molecule has 1 N–H and O–H groups in total. The highest BCUT2D eigenvalue weighted by molar-refractivity contribution is 6.30. The second-order valence-corrected chi connectivity index (χ2v) is 5.43. The zero-order chi connectivity index (χ0) is 15.2. The lowest BCUT2D eigenvalue weighted by molar-refractivity contribution is -0.125. The number of benzene rings is 1.